The SMILES string of the molecule is CCCCCCCCCCCCCCCC(=O)C1=C(O)[C@@H](CC(=O)Oc2cccc(C(=O)c3ccccc3)c2)OC1=O. The van der Waals surface area contributed by atoms with E-state index in [9.17, 15) is 24.3 Å². The number of cyclic esters (lactones) is 1. The van der Waals surface area contributed by atoms with Gasteiger partial charge in [-0.15, -0.1) is 0 Å². The number of rotatable bonds is 20. The molecule has 0 saturated carbocycles. The normalized spacial score (nSPS) is 14.6. The quantitative estimate of drug-likeness (QED) is 0.0559. The molecule has 0 bridgehead atoms. The van der Waals surface area contributed by atoms with Crippen LogP contribution in [0.1, 0.15) is 119 Å². The van der Waals surface area contributed by atoms with Gasteiger partial charge in [0, 0.05) is 17.5 Å². The van der Waals surface area contributed by atoms with Gasteiger partial charge in [-0.25, -0.2) is 4.79 Å². The zero-order valence-corrected chi connectivity index (χ0v) is 24.8. The van der Waals surface area contributed by atoms with Crippen LogP contribution in [-0.2, 0) is 19.1 Å². The van der Waals surface area contributed by atoms with E-state index in [4.69, 9.17) is 9.47 Å². The van der Waals surface area contributed by atoms with Crippen molar-refractivity contribution in [3.63, 3.8) is 0 Å². The molecule has 0 unspecified atom stereocenters. The second kappa shape index (κ2) is 17.9. The van der Waals surface area contributed by atoms with Crippen LogP contribution in [-0.4, -0.2) is 34.7 Å². The molecular weight excluding hydrogens is 532 g/mol. The minimum atomic E-state index is -1.27. The number of Topliss-reactive ketones (excluding diaryl/α,β-unsaturated/α-hetero) is 1. The molecule has 7 nitrogen and oxygen atoms in total. The largest absolute Gasteiger partial charge is 0.507 e. The molecule has 7 heteroatoms. The van der Waals surface area contributed by atoms with Gasteiger partial charge >= 0.3 is 11.9 Å². The van der Waals surface area contributed by atoms with Crippen molar-refractivity contribution < 1.29 is 33.8 Å². The Labute approximate surface area is 249 Å². The number of esters is 2. The van der Waals surface area contributed by atoms with E-state index >= 15 is 0 Å². The predicted molar refractivity (Wildman–Crippen MR) is 161 cm³/mol. The summed E-state index contributed by atoms with van der Waals surface area (Å²) in [6.45, 7) is 2.23. The molecule has 42 heavy (non-hydrogen) atoms. The molecule has 1 N–H and O–H groups in total. The van der Waals surface area contributed by atoms with Gasteiger partial charge in [-0.3, -0.25) is 14.4 Å². The summed E-state index contributed by atoms with van der Waals surface area (Å²) in [6.07, 6.45) is 13.8. The molecule has 1 atom stereocenters. The van der Waals surface area contributed by atoms with Crippen LogP contribution in [0.3, 0.4) is 0 Å². The van der Waals surface area contributed by atoms with Crippen LogP contribution in [0.2, 0.25) is 0 Å². The molecule has 0 saturated heterocycles. The van der Waals surface area contributed by atoms with E-state index in [1.54, 1.807) is 36.4 Å². The van der Waals surface area contributed by atoms with Gasteiger partial charge in [0.05, 0.1) is 6.42 Å². The van der Waals surface area contributed by atoms with Crippen molar-refractivity contribution >= 4 is 23.5 Å². The Hall–Kier alpha value is -3.74. The highest BCUT2D eigenvalue weighted by Gasteiger charge is 2.39. The van der Waals surface area contributed by atoms with Gasteiger partial charge in [-0.05, 0) is 18.6 Å². The first-order valence-corrected chi connectivity index (χ1v) is 15.5. The number of benzene rings is 2. The molecule has 1 aliphatic rings. The average molecular weight is 577 g/mol. The Morgan fingerprint density at radius 1 is 0.762 bits per heavy atom. The fourth-order valence-electron chi connectivity index (χ4n) is 5.11. The first-order valence-electron chi connectivity index (χ1n) is 15.5. The van der Waals surface area contributed by atoms with Gasteiger partial charge in [0.2, 0.25) is 0 Å². The zero-order valence-electron chi connectivity index (χ0n) is 24.8. The molecular formula is C35H44O7. The molecule has 0 fully saturated rings. The predicted octanol–water partition coefficient (Wildman–Crippen LogP) is 8.00. The Kier molecular flexibility index (Phi) is 14.0. The lowest BCUT2D eigenvalue weighted by atomic mass is 10.0. The number of unbranched alkanes of at least 4 members (excludes halogenated alkanes) is 12. The second-order valence-electron chi connectivity index (χ2n) is 11.0. The number of carbonyl (C=O) groups is 4. The minimum absolute atomic E-state index is 0.144. The number of aliphatic hydroxyl groups is 1. The lowest BCUT2D eigenvalue weighted by Crippen LogP contribution is -2.20. The zero-order chi connectivity index (χ0) is 30.2. The average Bonchev–Trinajstić information content (AvgIpc) is 3.27. The third-order valence-electron chi connectivity index (χ3n) is 7.52. The molecule has 0 amide bonds. The first kappa shape index (κ1) is 32.8. The molecule has 3 rings (SSSR count). The van der Waals surface area contributed by atoms with Crippen molar-refractivity contribution in [3.8, 4) is 5.75 Å². The lowest BCUT2D eigenvalue weighted by Gasteiger charge is -2.10. The van der Waals surface area contributed by atoms with Crippen LogP contribution in [0.5, 0.6) is 5.75 Å². The molecule has 0 spiro atoms. The third-order valence-corrected chi connectivity index (χ3v) is 7.52. The number of aliphatic hydroxyl groups excluding tert-OH is 1. The number of carbonyl (C=O) groups excluding carboxylic acids is 4. The van der Waals surface area contributed by atoms with Crippen LogP contribution < -0.4 is 4.74 Å². The van der Waals surface area contributed by atoms with E-state index in [1.807, 2.05) is 6.07 Å². The van der Waals surface area contributed by atoms with Crippen LogP contribution in [0, 0.1) is 0 Å². The van der Waals surface area contributed by atoms with Crippen molar-refractivity contribution in [2.75, 3.05) is 0 Å². The topological polar surface area (TPSA) is 107 Å². The second-order valence-corrected chi connectivity index (χ2v) is 11.0. The van der Waals surface area contributed by atoms with E-state index in [0.29, 0.717) is 17.5 Å². The summed E-state index contributed by atoms with van der Waals surface area (Å²) < 4.78 is 10.4. The fraction of sp³-hybridized carbons (Fsp3) is 0.486. The van der Waals surface area contributed by atoms with Gasteiger partial charge in [0.25, 0.3) is 0 Å². The number of hydrogen-bond donors (Lipinski definition) is 1. The Bertz CT molecular complexity index is 1210. The maximum absolute atomic E-state index is 12.7. The van der Waals surface area contributed by atoms with E-state index in [2.05, 4.69) is 6.92 Å². The van der Waals surface area contributed by atoms with Crippen LogP contribution in [0.15, 0.2) is 65.9 Å². The highest BCUT2D eigenvalue weighted by Crippen LogP contribution is 2.26. The third kappa shape index (κ3) is 10.6. The maximum Gasteiger partial charge on any atom is 0.346 e. The molecule has 2 aromatic rings. The van der Waals surface area contributed by atoms with E-state index in [1.165, 1.54) is 69.9 Å². The standard InChI is InChI=1S/C35H44O7/c1-2-3-4-5-6-7-8-9-10-11-12-13-17-23-29(36)32-34(39)30(42-35(32)40)25-31(37)41-28-22-18-21-27(24-28)33(38)26-19-15-14-16-20-26/h14-16,18-22,24,30,39H,2-13,17,23,25H2,1H3/t30-/m1/s1. The first-order chi connectivity index (χ1) is 20.4. The monoisotopic (exact) mass is 576 g/mol. The van der Waals surface area contributed by atoms with Crippen LogP contribution in [0.25, 0.3) is 0 Å². The fourth-order valence-corrected chi connectivity index (χ4v) is 5.11. The van der Waals surface area contributed by atoms with Crippen LogP contribution >= 0.6 is 0 Å². The number of ketones is 2. The molecule has 0 aromatic heterocycles. The van der Waals surface area contributed by atoms with Gasteiger partial charge in [0.15, 0.2) is 23.4 Å². The van der Waals surface area contributed by atoms with Crippen LogP contribution in [0.4, 0.5) is 0 Å². The van der Waals surface area contributed by atoms with Gasteiger partial charge < -0.3 is 14.6 Å². The minimum Gasteiger partial charge on any atom is -0.507 e. The summed E-state index contributed by atoms with van der Waals surface area (Å²) >= 11 is 0. The van der Waals surface area contributed by atoms with Gasteiger partial charge in [-0.1, -0.05) is 126 Å². The number of hydrogen-bond acceptors (Lipinski definition) is 7. The number of ether oxygens (including phenoxy) is 2. The molecule has 226 valence electrons. The summed E-state index contributed by atoms with van der Waals surface area (Å²) in [7, 11) is 0. The molecule has 1 heterocycles. The van der Waals surface area contributed by atoms with Crippen molar-refractivity contribution in [1.82, 2.24) is 0 Å². The van der Waals surface area contributed by atoms with E-state index < -0.39 is 36.0 Å². The summed E-state index contributed by atoms with van der Waals surface area (Å²) in [5, 5.41) is 10.5. The van der Waals surface area contributed by atoms with Gasteiger partial charge in [-0.2, -0.15) is 0 Å². The summed E-state index contributed by atoms with van der Waals surface area (Å²) in [5.74, 6) is -2.75. The van der Waals surface area contributed by atoms with Crippen molar-refractivity contribution in [2.24, 2.45) is 0 Å². The van der Waals surface area contributed by atoms with Crippen molar-refractivity contribution in [2.45, 2.75) is 109 Å². The Morgan fingerprint density at radius 3 is 1.95 bits per heavy atom. The Balaban J connectivity index is 1.37. The van der Waals surface area contributed by atoms with E-state index in [-0.39, 0.29) is 23.5 Å². The van der Waals surface area contributed by atoms with Gasteiger partial charge in [0.1, 0.15) is 11.3 Å². The maximum atomic E-state index is 12.7. The lowest BCUT2D eigenvalue weighted by molar-refractivity contribution is -0.144. The molecule has 1 aliphatic heterocycles. The highest BCUT2D eigenvalue weighted by atomic mass is 16.6. The summed E-state index contributed by atoms with van der Waals surface area (Å²) in [5.41, 5.74) is 0.481. The summed E-state index contributed by atoms with van der Waals surface area (Å²) in [4.78, 5) is 50.2. The van der Waals surface area contributed by atoms with E-state index in [0.717, 1.165) is 19.3 Å². The smallest absolute Gasteiger partial charge is 0.346 e. The molecule has 2 aromatic carbocycles. The molecule has 0 radical (unpaired) electrons. The molecule has 0 aliphatic carbocycles. The summed E-state index contributed by atoms with van der Waals surface area (Å²) in [6, 6.07) is 14.9. The highest BCUT2D eigenvalue weighted by molar-refractivity contribution is 6.19. The van der Waals surface area contributed by atoms with Crippen molar-refractivity contribution in [1.29, 1.82) is 0 Å². The Morgan fingerprint density at radius 2 is 1.33 bits per heavy atom. The van der Waals surface area contributed by atoms with Crippen molar-refractivity contribution in [3.05, 3.63) is 77.1 Å².